The first-order chi connectivity index (χ1) is 14.3. The molecule has 0 bridgehead atoms. The van der Waals surface area contributed by atoms with Crippen LogP contribution in [-0.4, -0.2) is 55.4 Å². The van der Waals surface area contributed by atoms with Crippen molar-refractivity contribution in [2.45, 2.75) is 103 Å². The minimum atomic E-state index is -1.04. The molecule has 4 saturated carbocycles. The number of rotatable bonds is 4. The smallest absolute Gasteiger partial charge is 0.303 e. The molecule has 4 aliphatic carbocycles. The van der Waals surface area contributed by atoms with Gasteiger partial charge in [0.15, 0.2) is 0 Å². The Morgan fingerprint density at radius 2 is 1.71 bits per heavy atom. The number of hydrogen-bond acceptors (Lipinski definition) is 5. The average molecular weight is 439 g/mol. The number of carbonyl (C=O) groups is 1. The summed E-state index contributed by atoms with van der Waals surface area (Å²) in [5.41, 5.74) is -1.84. The minimum Gasteiger partial charge on any atom is -0.481 e. The molecule has 0 aromatic heterocycles. The first-order valence-electron chi connectivity index (χ1n) is 12.3. The van der Waals surface area contributed by atoms with Gasteiger partial charge in [0.2, 0.25) is 0 Å². The standard InChI is InChI=1S/C25H42O6/c1-13(5-8-21(29)30)16-6-7-17-22-18(11-20(28)24(16,17)3)25(4)14(10-19(22)27)9-15(26)12-23(25,2)31/h13-20,22,26-28,31H,5-12H2,1-4H3,(H,29,30)/t13-,14+,15+,16-,17+,18+,19-,20+,22+,23-,24-,25+/m1/s1. The van der Waals surface area contributed by atoms with E-state index >= 15 is 0 Å². The fourth-order valence-electron chi connectivity index (χ4n) is 9.19. The lowest BCUT2D eigenvalue weighted by Crippen LogP contribution is -2.68. The van der Waals surface area contributed by atoms with Gasteiger partial charge in [0.05, 0.1) is 23.9 Å². The minimum absolute atomic E-state index is 0.00454. The molecular weight excluding hydrogens is 396 g/mol. The zero-order valence-corrected chi connectivity index (χ0v) is 19.5. The molecule has 6 heteroatoms. The molecule has 0 amide bonds. The van der Waals surface area contributed by atoms with Crippen molar-refractivity contribution in [1.82, 2.24) is 0 Å². The van der Waals surface area contributed by atoms with E-state index in [9.17, 15) is 25.2 Å². The summed E-state index contributed by atoms with van der Waals surface area (Å²) in [4.78, 5) is 11.1. The lowest BCUT2D eigenvalue weighted by molar-refractivity contribution is -0.262. The molecule has 31 heavy (non-hydrogen) atoms. The second-order valence-electron chi connectivity index (χ2n) is 12.2. The van der Waals surface area contributed by atoms with Crippen LogP contribution in [0.5, 0.6) is 0 Å². The molecule has 0 spiro atoms. The summed E-state index contributed by atoms with van der Waals surface area (Å²) < 4.78 is 0. The van der Waals surface area contributed by atoms with Crippen LogP contribution < -0.4 is 0 Å². The van der Waals surface area contributed by atoms with Crippen LogP contribution in [0.3, 0.4) is 0 Å². The zero-order valence-electron chi connectivity index (χ0n) is 19.5. The van der Waals surface area contributed by atoms with E-state index in [0.717, 1.165) is 12.8 Å². The van der Waals surface area contributed by atoms with Crippen molar-refractivity contribution in [3.63, 3.8) is 0 Å². The van der Waals surface area contributed by atoms with Gasteiger partial charge in [0.1, 0.15) is 0 Å². The monoisotopic (exact) mass is 438 g/mol. The van der Waals surface area contributed by atoms with Gasteiger partial charge in [-0.3, -0.25) is 4.79 Å². The van der Waals surface area contributed by atoms with Gasteiger partial charge in [-0.15, -0.1) is 0 Å². The van der Waals surface area contributed by atoms with Gasteiger partial charge >= 0.3 is 5.97 Å². The van der Waals surface area contributed by atoms with Crippen molar-refractivity contribution in [3.8, 4) is 0 Å². The van der Waals surface area contributed by atoms with Crippen LogP contribution in [0.1, 0.15) is 79.1 Å². The number of carboxylic acids is 1. The zero-order chi connectivity index (χ0) is 22.9. The number of fused-ring (bicyclic) bond motifs is 5. The van der Waals surface area contributed by atoms with Crippen LogP contribution in [0.4, 0.5) is 0 Å². The van der Waals surface area contributed by atoms with E-state index in [2.05, 4.69) is 20.8 Å². The van der Waals surface area contributed by atoms with Crippen molar-refractivity contribution in [2.75, 3.05) is 0 Å². The highest BCUT2D eigenvalue weighted by atomic mass is 16.4. The summed E-state index contributed by atoms with van der Waals surface area (Å²) in [6.07, 6.45) is 3.13. The summed E-state index contributed by atoms with van der Waals surface area (Å²) in [7, 11) is 0. The third-order valence-corrected chi connectivity index (χ3v) is 11.0. The normalized spacial score (nSPS) is 55.1. The number of aliphatic hydroxyl groups is 4. The van der Waals surface area contributed by atoms with Crippen molar-refractivity contribution in [2.24, 2.45) is 46.3 Å². The molecule has 0 heterocycles. The van der Waals surface area contributed by atoms with E-state index in [1.54, 1.807) is 0 Å². The largest absolute Gasteiger partial charge is 0.481 e. The number of aliphatic carboxylic acids is 1. The van der Waals surface area contributed by atoms with Gasteiger partial charge < -0.3 is 25.5 Å². The number of hydrogen-bond donors (Lipinski definition) is 5. The molecule has 5 N–H and O–H groups in total. The molecule has 178 valence electrons. The predicted molar refractivity (Wildman–Crippen MR) is 116 cm³/mol. The second kappa shape index (κ2) is 7.68. The molecule has 0 saturated heterocycles. The molecule has 4 rings (SSSR count). The van der Waals surface area contributed by atoms with Crippen molar-refractivity contribution < 1.29 is 30.3 Å². The summed E-state index contributed by atoms with van der Waals surface area (Å²) in [5, 5.41) is 53.9. The Balaban J connectivity index is 1.67. The van der Waals surface area contributed by atoms with E-state index in [1.807, 2.05) is 6.92 Å². The van der Waals surface area contributed by atoms with Crippen LogP contribution >= 0.6 is 0 Å². The van der Waals surface area contributed by atoms with E-state index in [1.165, 1.54) is 0 Å². The van der Waals surface area contributed by atoms with Gasteiger partial charge in [0, 0.05) is 18.3 Å². The predicted octanol–water partition coefficient (Wildman–Crippen LogP) is 2.81. The Hall–Kier alpha value is -0.690. The highest BCUT2D eigenvalue weighted by Gasteiger charge is 2.69. The highest BCUT2D eigenvalue weighted by molar-refractivity contribution is 5.66. The van der Waals surface area contributed by atoms with E-state index in [0.29, 0.717) is 32.1 Å². The Kier molecular flexibility index (Phi) is 5.81. The molecule has 6 nitrogen and oxygen atoms in total. The molecule has 4 aliphatic rings. The van der Waals surface area contributed by atoms with Crippen LogP contribution in [0.25, 0.3) is 0 Å². The average Bonchev–Trinajstić information content (AvgIpc) is 3.01. The molecule has 0 aromatic rings. The molecule has 0 aromatic carbocycles. The maximum Gasteiger partial charge on any atom is 0.303 e. The Morgan fingerprint density at radius 3 is 2.35 bits per heavy atom. The highest BCUT2D eigenvalue weighted by Crippen LogP contribution is 2.69. The van der Waals surface area contributed by atoms with Crippen LogP contribution in [-0.2, 0) is 4.79 Å². The quantitative estimate of drug-likeness (QED) is 0.461. The summed E-state index contributed by atoms with van der Waals surface area (Å²) in [6, 6.07) is 0. The molecule has 0 aliphatic heterocycles. The fraction of sp³-hybridized carbons (Fsp3) is 0.960. The molecule has 0 unspecified atom stereocenters. The Labute approximate surface area is 186 Å². The third kappa shape index (κ3) is 3.31. The van der Waals surface area contributed by atoms with Crippen LogP contribution in [0.2, 0.25) is 0 Å². The van der Waals surface area contributed by atoms with Gasteiger partial charge in [-0.05, 0) is 86.4 Å². The topological polar surface area (TPSA) is 118 Å². The maximum atomic E-state index is 11.6. The second-order valence-corrected chi connectivity index (χ2v) is 12.2. The molecule has 12 atom stereocenters. The summed E-state index contributed by atoms with van der Waals surface area (Å²) >= 11 is 0. The van der Waals surface area contributed by atoms with E-state index in [-0.39, 0.29) is 47.3 Å². The number of aliphatic hydroxyl groups excluding tert-OH is 3. The third-order valence-electron chi connectivity index (χ3n) is 11.0. The SMILES string of the molecule is C[C@H](CCC(=O)O)[C@H]1CC[C@H]2[C@@H]3[C@H](O)C[C@@H]4C[C@H](O)C[C@@](C)(O)[C@]4(C)[C@H]3C[C@H](O)[C@]12C. The van der Waals surface area contributed by atoms with Crippen molar-refractivity contribution in [3.05, 3.63) is 0 Å². The summed E-state index contributed by atoms with van der Waals surface area (Å²) in [5.74, 6) is -0.120. The van der Waals surface area contributed by atoms with Gasteiger partial charge in [-0.2, -0.15) is 0 Å². The van der Waals surface area contributed by atoms with Crippen molar-refractivity contribution >= 4 is 5.97 Å². The van der Waals surface area contributed by atoms with Gasteiger partial charge in [-0.25, -0.2) is 0 Å². The maximum absolute atomic E-state index is 11.6. The lowest BCUT2D eigenvalue weighted by Gasteiger charge is -2.67. The van der Waals surface area contributed by atoms with Crippen LogP contribution in [0, 0.1) is 46.3 Å². The van der Waals surface area contributed by atoms with E-state index in [4.69, 9.17) is 5.11 Å². The van der Waals surface area contributed by atoms with E-state index < -0.39 is 35.3 Å². The first kappa shape index (κ1) is 23.5. The number of carboxylic acid groups (broad SMARTS) is 1. The fourth-order valence-corrected chi connectivity index (χ4v) is 9.19. The Morgan fingerprint density at radius 1 is 1.03 bits per heavy atom. The summed E-state index contributed by atoms with van der Waals surface area (Å²) in [6.45, 7) is 8.24. The van der Waals surface area contributed by atoms with Gasteiger partial charge in [0.25, 0.3) is 0 Å². The Bertz CT molecular complexity index is 708. The molecule has 4 fully saturated rings. The molecular formula is C25H42O6. The van der Waals surface area contributed by atoms with Gasteiger partial charge in [-0.1, -0.05) is 20.8 Å². The lowest BCUT2D eigenvalue weighted by atomic mass is 9.40. The van der Waals surface area contributed by atoms with Crippen molar-refractivity contribution in [1.29, 1.82) is 0 Å². The van der Waals surface area contributed by atoms with Crippen LogP contribution in [0.15, 0.2) is 0 Å². The first-order valence-corrected chi connectivity index (χ1v) is 12.3. The molecule has 0 radical (unpaired) electrons.